The molecule has 1 N–H and O–H groups in total. The van der Waals surface area contributed by atoms with Gasteiger partial charge in [-0.2, -0.15) is 0 Å². The molecular formula is C21H34Cl2N4O. The highest BCUT2D eigenvalue weighted by atomic mass is 35.5. The summed E-state index contributed by atoms with van der Waals surface area (Å²) >= 11 is 0. The summed E-state index contributed by atoms with van der Waals surface area (Å²) < 4.78 is 0. The Morgan fingerprint density at radius 1 is 0.964 bits per heavy atom. The molecule has 0 bridgehead atoms. The number of benzene rings is 1. The minimum atomic E-state index is 0. The highest BCUT2D eigenvalue weighted by Gasteiger charge is 2.38. The van der Waals surface area contributed by atoms with Crippen molar-refractivity contribution in [1.82, 2.24) is 20.0 Å². The fraction of sp³-hybridized carbons (Fsp3) is 0.667. The second-order valence-electron chi connectivity index (χ2n) is 8.50. The summed E-state index contributed by atoms with van der Waals surface area (Å²) in [5.41, 5.74) is 2.61. The molecule has 1 amide bonds. The molecule has 5 nitrogen and oxygen atoms in total. The molecule has 7 heteroatoms. The summed E-state index contributed by atoms with van der Waals surface area (Å²) in [6.45, 7) is 9.61. The van der Waals surface area contributed by atoms with Crippen LogP contribution >= 0.6 is 24.8 Å². The van der Waals surface area contributed by atoms with Gasteiger partial charge in [0.25, 0.3) is 5.91 Å². The van der Waals surface area contributed by atoms with Crippen molar-refractivity contribution in [1.29, 1.82) is 0 Å². The number of amides is 1. The largest absolute Gasteiger partial charge is 0.339 e. The van der Waals surface area contributed by atoms with Crippen LogP contribution in [0.15, 0.2) is 24.3 Å². The van der Waals surface area contributed by atoms with Crippen LogP contribution in [0.4, 0.5) is 0 Å². The number of piperidine rings is 1. The fourth-order valence-corrected chi connectivity index (χ4v) is 4.61. The molecule has 28 heavy (non-hydrogen) atoms. The molecule has 0 aromatic heterocycles. The maximum absolute atomic E-state index is 12.8. The third kappa shape index (κ3) is 5.39. The normalized spacial score (nSPS) is 22.5. The number of piperazine rings is 1. The zero-order valence-corrected chi connectivity index (χ0v) is 18.5. The molecule has 0 saturated carbocycles. The number of hydrogen-bond donors (Lipinski definition) is 1. The average Bonchev–Trinajstić information content (AvgIpc) is 3.12. The van der Waals surface area contributed by atoms with Crippen LogP contribution in [0.3, 0.4) is 0 Å². The summed E-state index contributed by atoms with van der Waals surface area (Å²) in [6, 6.07) is 8.32. The summed E-state index contributed by atoms with van der Waals surface area (Å²) in [5, 5.41) is 3.49. The quantitative estimate of drug-likeness (QED) is 0.802. The van der Waals surface area contributed by atoms with Crippen molar-refractivity contribution in [2.75, 3.05) is 59.4 Å². The molecule has 0 aliphatic carbocycles. The second kappa shape index (κ2) is 10.3. The monoisotopic (exact) mass is 428 g/mol. The standard InChI is InChI=1S/C21H32N4O.2ClH/c1-23-12-14-24(15-13-23)16-18-2-4-19(5-3-18)20(26)25-10-7-21(8-11-25)6-9-22-17-21;;/h2-5,22H,6-17H2,1H3;2*1H. The molecule has 1 spiro atoms. The van der Waals surface area contributed by atoms with Gasteiger partial charge in [0.15, 0.2) is 0 Å². The highest BCUT2D eigenvalue weighted by molar-refractivity contribution is 5.94. The first-order chi connectivity index (χ1) is 12.6. The number of nitrogens with zero attached hydrogens (tertiary/aromatic N) is 3. The van der Waals surface area contributed by atoms with E-state index in [2.05, 4.69) is 39.2 Å². The van der Waals surface area contributed by atoms with Crippen LogP contribution in [0.25, 0.3) is 0 Å². The number of rotatable bonds is 3. The van der Waals surface area contributed by atoms with Crippen LogP contribution in [0.2, 0.25) is 0 Å². The predicted octanol–water partition coefficient (Wildman–Crippen LogP) is 2.49. The van der Waals surface area contributed by atoms with Crippen molar-refractivity contribution >= 4 is 30.7 Å². The number of carbonyl (C=O) groups excluding carboxylic acids is 1. The van der Waals surface area contributed by atoms with E-state index in [0.717, 1.165) is 77.3 Å². The van der Waals surface area contributed by atoms with E-state index in [1.54, 1.807) is 0 Å². The first-order valence-corrected chi connectivity index (χ1v) is 10.1. The van der Waals surface area contributed by atoms with Crippen LogP contribution in [0.1, 0.15) is 35.2 Å². The smallest absolute Gasteiger partial charge is 0.253 e. The average molecular weight is 429 g/mol. The topological polar surface area (TPSA) is 38.8 Å². The van der Waals surface area contributed by atoms with Crippen LogP contribution in [-0.2, 0) is 6.54 Å². The van der Waals surface area contributed by atoms with Gasteiger partial charge in [0.05, 0.1) is 0 Å². The van der Waals surface area contributed by atoms with Gasteiger partial charge in [0, 0.05) is 57.9 Å². The number of nitrogens with one attached hydrogen (secondary N) is 1. The molecule has 0 atom stereocenters. The summed E-state index contributed by atoms with van der Waals surface area (Å²) in [4.78, 5) is 19.8. The molecule has 4 rings (SSSR count). The van der Waals surface area contributed by atoms with E-state index in [1.165, 1.54) is 12.0 Å². The fourth-order valence-electron chi connectivity index (χ4n) is 4.61. The van der Waals surface area contributed by atoms with Crippen LogP contribution in [-0.4, -0.2) is 80.0 Å². The molecule has 0 radical (unpaired) electrons. The van der Waals surface area contributed by atoms with Gasteiger partial charge in [0.1, 0.15) is 0 Å². The van der Waals surface area contributed by atoms with Crippen molar-refractivity contribution in [3.8, 4) is 0 Å². The molecular weight excluding hydrogens is 395 g/mol. The van der Waals surface area contributed by atoms with Gasteiger partial charge in [-0.25, -0.2) is 0 Å². The molecule has 1 aromatic carbocycles. The lowest BCUT2D eigenvalue weighted by Gasteiger charge is -2.39. The van der Waals surface area contributed by atoms with E-state index in [9.17, 15) is 4.79 Å². The lowest BCUT2D eigenvalue weighted by atomic mass is 9.78. The van der Waals surface area contributed by atoms with Crippen molar-refractivity contribution in [2.24, 2.45) is 5.41 Å². The number of likely N-dealkylation sites (tertiary alicyclic amines) is 1. The summed E-state index contributed by atoms with van der Waals surface area (Å²) in [7, 11) is 2.18. The Bertz CT molecular complexity index is 616. The summed E-state index contributed by atoms with van der Waals surface area (Å²) in [5.74, 6) is 0.206. The Morgan fingerprint density at radius 2 is 1.61 bits per heavy atom. The van der Waals surface area contributed by atoms with E-state index in [0.29, 0.717) is 5.41 Å². The molecule has 3 fully saturated rings. The maximum atomic E-state index is 12.8. The maximum Gasteiger partial charge on any atom is 0.253 e. The number of hydrogen-bond acceptors (Lipinski definition) is 4. The predicted molar refractivity (Wildman–Crippen MR) is 119 cm³/mol. The molecule has 3 aliphatic heterocycles. The number of likely N-dealkylation sites (N-methyl/N-ethyl adjacent to an activating group) is 1. The van der Waals surface area contributed by atoms with Crippen molar-refractivity contribution in [3.05, 3.63) is 35.4 Å². The van der Waals surface area contributed by atoms with Crippen molar-refractivity contribution < 1.29 is 4.79 Å². The second-order valence-corrected chi connectivity index (χ2v) is 8.50. The molecule has 3 heterocycles. The van der Waals surface area contributed by atoms with Crippen LogP contribution in [0.5, 0.6) is 0 Å². The first kappa shape index (κ1) is 23.4. The molecule has 3 aliphatic rings. The molecule has 3 saturated heterocycles. The van der Waals surface area contributed by atoms with E-state index in [1.807, 2.05) is 12.1 Å². The van der Waals surface area contributed by atoms with Gasteiger partial charge in [-0.1, -0.05) is 12.1 Å². The zero-order valence-electron chi connectivity index (χ0n) is 16.9. The van der Waals surface area contributed by atoms with Gasteiger partial charge in [0.2, 0.25) is 0 Å². The van der Waals surface area contributed by atoms with Gasteiger partial charge in [-0.15, -0.1) is 24.8 Å². The Labute approximate surface area is 181 Å². The Balaban J connectivity index is 0.00000140. The van der Waals surface area contributed by atoms with E-state index >= 15 is 0 Å². The Kier molecular flexibility index (Phi) is 8.59. The van der Waals surface area contributed by atoms with Gasteiger partial charge >= 0.3 is 0 Å². The molecule has 158 valence electrons. The lowest BCUT2D eigenvalue weighted by Crippen LogP contribution is -2.44. The van der Waals surface area contributed by atoms with Gasteiger partial charge < -0.3 is 15.1 Å². The number of carbonyl (C=O) groups is 1. The van der Waals surface area contributed by atoms with E-state index in [4.69, 9.17) is 0 Å². The highest BCUT2D eigenvalue weighted by Crippen LogP contribution is 2.37. The number of halogens is 2. The third-order valence-corrected chi connectivity index (χ3v) is 6.65. The van der Waals surface area contributed by atoms with Crippen LogP contribution < -0.4 is 5.32 Å². The SMILES string of the molecule is CN1CCN(Cc2ccc(C(=O)N3CCC4(CCNC4)CC3)cc2)CC1.Cl.Cl. The minimum absolute atomic E-state index is 0. The lowest BCUT2D eigenvalue weighted by molar-refractivity contribution is 0.0607. The summed E-state index contributed by atoms with van der Waals surface area (Å²) in [6.07, 6.45) is 3.57. The minimum Gasteiger partial charge on any atom is -0.339 e. The molecule has 0 unspecified atom stereocenters. The van der Waals surface area contributed by atoms with Gasteiger partial charge in [-0.05, 0) is 56.0 Å². The Hall–Kier alpha value is -0.850. The van der Waals surface area contributed by atoms with Crippen molar-refractivity contribution in [3.63, 3.8) is 0 Å². The van der Waals surface area contributed by atoms with E-state index in [-0.39, 0.29) is 30.7 Å². The van der Waals surface area contributed by atoms with Gasteiger partial charge in [-0.3, -0.25) is 9.69 Å². The third-order valence-electron chi connectivity index (χ3n) is 6.65. The van der Waals surface area contributed by atoms with Crippen molar-refractivity contribution in [2.45, 2.75) is 25.8 Å². The first-order valence-electron chi connectivity index (χ1n) is 10.1. The van der Waals surface area contributed by atoms with E-state index < -0.39 is 0 Å². The van der Waals surface area contributed by atoms with Crippen LogP contribution in [0, 0.1) is 5.41 Å². The Morgan fingerprint density at radius 3 is 2.18 bits per heavy atom. The zero-order chi connectivity index (χ0) is 18.0. The molecule has 1 aromatic rings.